The van der Waals surface area contributed by atoms with Gasteiger partial charge in [-0.25, -0.2) is 4.79 Å². The van der Waals surface area contributed by atoms with Gasteiger partial charge in [-0.15, -0.1) is 0 Å². The number of amides is 2. The average molecular weight is 330 g/mol. The summed E-state index contributed by atoms with van der Waals surface area (Å²) in [5, 5.41) is 11.5. The van der Waals surface area contributed by atoms with Gasteiger partial charge in [0.05, 0.1) is 11.3 Å². The molecule has 128 valence electrons. The summed E-state index contributed by atoms with van der Waals surface area (Å²) in [6, 6.07) is 4.37. The zero-order valence-corrected chi connectivity index (χ0v) is 12.9. The highest BCUT2D eigenvalue weighted by molar-refractivity contribution is 5.90. The van der Waals surface area contributed by atoms with E-state index in [2.05, 4.69) is 5.32 Å². The SMILES string of the molecule is CN(C(=O)Nc1ccccc1C(F)(F)F)C1CCC(CO)CC1. The molecule has 0 radical (unpaired) electrons. The maximum Gasteiger partial charge on any atom is 0.418 e. The Balaban J connectivity index is 2.02. The lowest BCUT2D eigenvalue weighted by atomic mass is 9.86. The zero-order chi connectivity index (χ0) is 17.0. The number of nitrogens with one attached hydrogen (secondary N) is 1. The van der Waals surface area contributed by atoms with E-state index >= 15 is 0 Å². The van der Waals surface area contributed by atoms with Gasteiger partial charge in [-0.2, -0.15) is 13.2 Å². The van der Waals surface area contributed by atoms with Crippen LogP contribution < -0.4 is 5.32 Å². The Morgan fingerprint density at radius 3 is 2.43 bits per heavy atom. The van der Waals surface area contributed by atoms with Crippen molar-refractivity contribution in [1.29, 1.82) is 0 Å². The Morgan fingerprint density at radius 2 is 1.87 bits per heavy atom. The lowest BCUT2D eigenvalue weighted by Gasteiger charge is -2.34. The Kier molecular flexibility index (Phi) is 5.51. The molecular formula is C16H21F3N2O2. The summed E-state index contributed by atoms with van der Waals surface area (Å²) in [7, 11) is 1.59. The molecule has 4 nitrogen and oxygen atoms in total. The number of para-hydroxylation sites is 1. The molecule has 0 aliphatic heterocycles. The van der Waals surface area contributed by atoms with Crippen molar-refractivity contribution in [2.75, 3.05) is 19.0 Å². The van der Waals surface area contributed by atoms with E-state index in [-0.39, 0.29) is 24.3 Å². The molecule has 23 heavy (non-hydrogen) atoms. The molecule has 0 heterocycles. The monoisotopic (exact) mass is 330 g/mol. The van der Waals surface area contributed by atoms with Gasteiger partial charge in [0.2, 0.25) is 0 Å². The van der Waals surface area contributed by atoms with Gasteiger partial charge >= 0.3 is 12.2 Å². The number of urea groups is 1. The van der Waals surface area contributed by atoms with Gasteiger partial charge < -0.3 is 15.3 Å². The van der Waals surface area contributed by atoms with Crippen LogP contribution in [-0.2, 0) is 6.18 Å². The van der Waals surface area contributed by atoms with E-state index in [0.717, 1.165) is 31.7 Å². The molecule has 0 spiro atoms. The Hall–Kier alpha value is -1.76. The van der Waals surface area contributed by atoms with Crippen molar-refractivity contribution in [2.45, 2.75) is 37.9 Å². The number of carbonyl (C=O) groups is 1. The fraction of sp³-hybridized carbons (Fsp3) is 0.562. The highest BCUT2D eigenvalue weighted by Crippen LogP contribution is 2.35. The van der Waals surface area contributed by atoms with E-state index in [1.807, 2.05) is 0 Å². The zero-order valence-electron chi connectivity index (χ0n) is 12.9. The molecule has 0 aromatic heterocycles. The smallest absolute Gasteiger partial charge is 0.396 e. The third-order valence-electron chi connectivity index (χ3n) is 4.42. The average Bonchev–Trinajstić information content (AvgIpc) is 2.53. The fourth-order valence-corrected chi connectivity index (χ4v) is 2.92. The number of aliphatic hydroxyl groups excluding tert-OH is 1. The molecule has 7 heteroatoms. The lowest BCUT2D eigenvalue weighted by molar-refractivity contribution is -0.136. The first-order chi connectivity index (χ1) is 10.8. The Morgan fingerprint density at radius 1 is 1.26 bits per heavy atom. The number of benzene rings is 1. The van der Waals surface area contributed by atoms with Crippen LogP contribution in [0.1, 0.15) is 31.2 Å². The van der Waals surface area contributed by atoms with Crippen LogP contribution in [0.4, 0.5) is 23.7 Å². The number of anilines is 1. The van der Waals surface area contributed by atoms with Gasteiger partial charge in [-0.05, 0) is 43.7 Å². The van der Waals surface area contributed by atoms with Gasteiger partial charge in [0, 0.05) is 19.7 Å². The molecule has 1 aliphatic rings. The summed E-state index contributed by atoms with van der Waals surface area (Å²) in [5.74, 6) is 0.258. The molecule has 0 atom stereocenters. The summed E-state index contributed by atoms with van der Waals surface area (Å²) < 4.78 is 38.8. The molecule has 0 saturated heterocycles. The van der Waals surface area contributed by atoms with Crippen LogP contribution in [0.5, 0.6) is 0 Å². The quantitative estimate of drug-likeness (QED) is 0.887. The molecule has 2 amide bonds. The molecule has 1 fully saturated rings. The second kappa shape index (κ2) is 7.21. The van der Waals surface area contributed by atoms with Crippen LogP contribution in [0.3, 0.4) is 0 Å². The number of nitrogens with zero attached hydrogens (tertiary/aromatic N) is 1. The normalized spacial score (nSPS) is 21.8. The van der Waals surface area contributed by atoms with Crippen molar-refractivity contribution in [3.8, 4) is 0 Å². The van der Waals surface area contributed by atoms with Gasteiger partial charge in [0.15, 0.2) is 0 Å². The van der Waals surface area contributed by atoms with Crippen molar-refractivity contribution in [3.63, 3.8) is 0 Å². The van der Waals surface area contributed by atoms with E-state index < -0.39 is 17.8 Å². The standard InChI is InChI=1S/C16H21F3N2O2/c1-21(12-8-6-11(10-22)7-9-12)15(23)20-14-5-3-2-4-13(14)16(17,18)19/h2-5,11-12,22H,6-10H2,1H3,(H,20,23). The number of alkyl halides is 3. The Bertz CT molecular complexity index is 540. The van der Waals surface area contributed by atoms with Crippen molar-refractivity contribution in [1.82, 2.24) is 4.90 Å². The second-order valence-electron chi connectivity index (χ2n) is 5.94. The molecule has 0 bridgehead atoms. The number of halogens is 3. The predicted octanol–water partition coefficient (Wildman–Crippen LogP) is 3.72. The highest BCUT2D eigenvalue weighted by atomic mass is 19.4. The highest BCUT2D eigenvalue weighted by Gasteiger charge is 2.34. The first kappa shape index (κ1) is 17.6. The maximum atomic E-state index is 12.9. The summed E-state index contributed by atoms with van der Waals surface area (Å²) in [6.07, 6.45) is -1.39. The van der Waals surface area contributed by atoms with E-state index in [0.29, 0.717) is 0 Å². The molecule has 1 aromatic carbocycles. The van der Waals surface area contributed by atoms with Crippen molar-refractivity contribution < 1.29 is 23.1 Å². The van der Waals surface area contributed by atoms with E-state index in [9.17, 15) is 18.0 Å². The topological polar surface area (TPSA) is 52.6 Å². The largest absolute Gasteiger partial charge is 0.418 e. The van der Waals surface area contributed by atoms with Crippen LogP contribution in [0, 0.1) is 5.92 Å². The molecule has 1 aromatic rings. The number of aliphatic hydroxyl groups is 1. The third kappa shape index (κ3) is 4.37. The minimum absolute atomic E-state index is 0.0177. The van der Waals surface area contributed by atoms with Crippen LogP contribution in [0.2, 0.25) is 0 Å². The number of hydrogen-bond donors (Lipinski definition) is 2. The summed E-state index contributed by atoms with van der Waals surface area (Å²) in [5.41, 5.74) is -1.09. The van der Waals surface area contributed by atoms with Crippen LogP contribution in [0.15, 0.2) is 24.3 Å². The number of hydrogen-bond acceptors (Lipinski definition) is 2. The summed E-state index contributed by atoms with van der Waals surface area (Å²) in [4.78, 5) is 13.7. The van der Waals surface area contributed by atoms with Gasteiger partial charge in [-0.3, -0.25) is 0 Å². The minimum Gasteiger partial charge on any atom is -0.396 e. The summed E-state index contributed by atoms with van der Waals surface area (Å²) >= 11 is 0. The van der Waals surface area contributed by atoms with E-state index in [1.165, 1.54) is 23.1 Å². The maximum absolute atomic E-state index is 12.9. The lowest BCUT2D eigenvalue weighted by Crippen LogP contribution is -2.42. The number of carbonyl (C=O) groups excluding carboxylic acids is 1. The van der Waals surface area contributed by atoms with Crippen LogP contribution in [0.25, 0.3) is 0 Å². The first-order valence-corrected chi connectivity index (χ1v) is 7.63. The molecule has 1 saturated carbocycles. The Labute approximate surface area is 133 Å². The molecule has 2 N–H and O–H groups in total. The van der Waals surface area contributed by atoms with Crippen molar-refractivity contribution in [2.24, 2.45) is 5.92 Å². The molecule has 1 aliphatic carbocycles. The second-order valence-corrected chi connectivity index (χ2v) is 5.94. The molecule has 2 rings (SSSR count). The van der Waals surface area contributed by atoms with Crippen LogP contribution in [-0.4, -0.2) is 35.7 Å². The fourth-order valence-electron chi connectivity index (χ4n) is 2.92. The van der Waals surface area contributed by atoms with Crippen molar-refractivity contribution >= 4 is 11.7 Å². The van der Waals surface area contributed by atoms with Gasteiger partial charge in [0.25, 0.3) is 0 Å². The molecule has 0 unspecified atom stereocenters. The predicted molar refractivity (Wildman–Crippen MR) is 81.1 cm³/mol. The first-order valence-electron chi connectivity index (χ1n) is 7.63. The minimum atomic E-state index is -4.51. The van der Waals surface area contributed by atoms with E-state index in [4.69, 9.17) is 5.11 Å². The number of rotatable bonds is 3. The molecular weight excluding hydrogens is 309 g/mol. The van der Waals surface area contributed by atoms with Crippen LogP contribution >= 0.6 is 0 Å². The van der Waals surface area contributed by atoms with E-state index in [1.54, 1.807) is 7.05 Å². The van der Waals surface area contributed by atoms with Crippen molar-refractivity contribution in [3.05, 3.63) is 29.8 Å². The van der Waals surface area contributed by atoms with Gasteiger partial charge in [0.1, 0.15) is 0 Å². The summed E-state index contributed by atoms with van der Waals surface area (Å²) in [6.45, 7) is 0.140. The third-order valence-corrected chi connectivity index (χ3v) is 4.42. The van der Waals surface area contributed by atoms with Gasteiger partial charge in [-0.1, -0.05) is 12.1 Å².